The zero-order valence-electron chi connectivity index (χ0n) is 13.6. The molecule has 0 aliphatic heterocycles. The summed E-state index contributed by atoms with van der Waals surface area (Å²) in [4.78, 5) is 4.56. The smallest absolute Gasteiger partial charge is 0.108 e. The largest absolute Gasteiger partial charge is 0.332 e. The molecule has 3 heteroatoms. The number of imidazole rings is 1. The van der Waals surface area contributed by atoms with Crippen LogP contribution in [0, 0.1) is 17.3 Å². The normalized spacial score (nSPS) is 27.8. The lowest BCUT2D eigenvalue weighted by Gasteiger charge is -2.42. The molecule has 1 aliphatic rings. The van der Waals surface area contributed by atoms with Crippen LogP contribution in [0.15, 0.2) is 12.4 Å². The van der Waals surface area contributed by atoms with Gasteiger partial charge in [0.05, 0.1) is 0 Å². The highest BCUT2D eigenvalue weighted by Crippen LogP contribution is 2.44. The van der Waals surface area contributed by atoms with Crippen LogP contribution in [0.25, 0.3) is 0 Å². The molecule has 0 radical (unpaired) electrons. The maximum atomic E-state index is 6.04. The number of aromatic nitrogens is 2. The van der Waals surface area contributed by atoms with Crippen molar-refractivity contribution in [1.29, 1.82) is 0 Å². The van der Waals surface area contributed by atoms with E-state index in [0.29, 0.717) is 17.4 Å². The number of nitrogens with zero attached hydrogens (tertiary/aromatic N) is 2. The molecule has 1 aromatic heterocycles. The Balaban J connectivity index is 2.22. The van der Waals surface area contributed by atoms with Gasteiger partial charge < -0.3 is 10.3 Å². The Morgan fingerprint density at radius 3 is 2.70 bits per heavy atom. The van der Waals surface area contributed by atoms with Gasteiger partial charge in [-0.3, -0.25) is 0 Å². The molecule has 3 unspecified atom stereocenters. The highest BCUT2D eigenvalue weighted by Gasteiger charge is 2.36. The summed E-state index contributed by atoms with van der Waals surface area (Å²) in [7, 11) is 0. The molecule has 1 saturated carbocycles. The van der Waals surface area contributed by atoms with Crippen molar-refractivity contribution in [1.82, 2.24) is 9.55 Å². The van der Waals surface area contributed by atoms with Crippen LogP contribution >= 0.6 is 0 Å². The highest BCUT2D eigenvalue weighted by molar-refractivity contribution is 4.99. The molecule has 0 bridgehead atoms. The van der Waals surface area contributed by atoms with E-state index < -0.39 is 0 Å². The predicted molar refractivity (Wildman–Crippen MR) is 84.6 cm³/mol. The molecule has 0 aromatic carbocycles. The van der Waals surface area contributed by atoms with Crippen LogP contribution in [0.4, 0.5) is 0 Å². The maximum Gasteiger partial charge on any atom is 0.108 e. The van der Waals surface area contributed by atoms with E-state index in [4.69, 9.17) is 5.73 Å². The molecule has 1 fully saturated rings. The minimum Gasteiger partial charge on any atom is -0.332 e. The molecule has 0 spiro atoms. The zero-order chi connectivity index (χ0) is 14.8. The number of aryl methyl sites for hydroxylation is 1. The topological polar surface area (TPSA) is 43.8 Å². The molecule has 2 N–H and O–H groups in total. The van der Waals surface area contributed by atoms with Gasteiger partial charge in [-0.2, -0.15) is 0 Å². The van der Waals surface area contributed by atoms with Crippen LogP contribution in [0.2, 0.25) is 0 Å². The van der Waals surface area contributed by atoms with Crippen LogP contribution in [-0.2, 0) is 6.42 Å². The van der Waals surface area contributed by atoms with Gasteiger partial charge in [-0.1, -0.05) is 27.7 Å². The Morgan fingerprint density at radius 1 is 1.35 bits per heavy atom. The van der Waals surface area contributed by atoms with Crippen molar-refractivity contribution < 1.29 is 0 Å². The highest BCUT2D eigenvalue weighted by atomic mass is 15.1. The Bertz CT molecular complexity index is 416. The van der Waals surface area contributed by atoms with Gasteiger partial charge in [0.25, 0.3) is 0 Å². The maximum absolute atomic E-state index is 6.04. The van der Waals surface area contributed by atoms with Gasteiger partial charge in [-0.05, 0) is 49.5 Å². The SMILES string of the molecule is CCCc1nccn1C1CC(C(C)(C)C)CCC1CN. The second-order valence-corrected chi connectivity index (χ2v) is 7.44. The van der Waals surface area contributed by atoms with Crippen molar-refractivity contribution in [3.63, 3.8) is 0 Å². The molecule has 114 valence electrons. The number of hydrogen-bond acceptors (Lipinski definition) is 2. The van der Waals surface area contributed by atoms with E-state index in [1.165, 1.54) is 25.1 Å². The summed E-state index contributed by atoms with van der Waals surface area (Å²) < 4.78 is 2.43. The fraction of sp³-hybridized carbons (Fsp3) is 0.824. The van der Waals surface area contributed by atoms with Gasteiger partial charge in [-0.25, -0.2) is 4.98 Å². The molecular formula is C17H31N3. The Morgan fingerprint density at radius 2 is 2.10 bits per heavy atom. The molecular weight excluding hydrogens is 246 g/mol. The molecule has 1 heterocycles. The average molecular weight is 277 g/mol. The van der Waals surface area contributed by atoms with Crippen LogP contribution in [0.5, 0.6) is 0 Å². The summed E-state index contributed by atoms with van der Waals surface area (Å²) in [5.41, 5.74) is 6.44. The summed E-state index contributed by atoms with van der Waals surface area (Å²) >= 11 is 0. The summed E-state index contributed by atoms with van der Waals surface area (Å²) in [5, 5.41) is 0. The van der Waals surface area contributed by atoms with Crippen LogP contribution in [0.1, 0.15) is 65.2 Å². The van der Waals surface area contributed by atoms with Crippen LogP contribution in [-0.4, -0.2) is 16.1 Å². The minimum absolute atomic E-state index is 0.392. The molecule has 1 aliphatic carbocycles. The summed E-state index contributed by atoms with van der Waals surface area (Å²) in [6.07, 6.45) is 10.2. The monoisotopic (exact) mass is 277 g/mol. The van der Waals surface area contributed by atoms with E-state index in [9.17, 15) is 0 Å². The quantitative estimate of drug-likeness (QED) is 0.909. The third-order valence-electron chi connectivity index (χ3n) is 5.06. The second kappa shape index (κ2) is 6.30. The van der Waals surface area contributed by atoms with E-state index in [-0.39, 0.29) is 0 Å². The van der Waals surface area contributed by atoms with Gasteiger partial charge >= 0.3 is 0 Å². The Kier molecular flexibility index (Phi) is 4.90. The van der Waals surface area contributed by atoms with Crippen molar-refractivity contribution in [3.05, 3.63) is 18.2 Å². The first-order chi connectivity index (χ1) is 9.47. The lowest BCUT2D eigenvalue weighted by Crippen LogP contribution is -2.36. The lowest BCUT2D eigenvalue weighted by molar-refractivity contribution is 0.104. The van der Waals surface area contributed by atoms with Gasteiger partial charge in [-0.15, -0.1) is 0 Å². The first-order valence-corrected chi connectivity index (χ1v) is 8.19. The van der Waals surface area contributed by atoms with Gasteiger partial charge in [0.15, 0.2) is 0 Å². The van der Waals surface area contributed by atoms with Gasteiger partial charge in [0.1, 0.15) is 5.82 Å². The first-order valence-electron chi connectivity index (χ1n) is 8.19. The lowest BCUT2D eigenvalue weighted by atomic mass is 9.68. The van der Waals surface area contributed by atoms with Crippen LogP contribution in [0.3, 0.4) is 0 Å². The van der Waals surface area contributed by atoms with E-state index in [1.807, 2.05) is 6.20 Å². The standard InChI is InChI=1S/C17H31N3/c1-5-6-16-19-9-10-20(16)15-11-14(17(2,3)4)8-7-13(15)12-18/h9-10,13-15H,5-8,11-12,18H2,1-4H3. The Labute approximate surface area is 124 Å². The molecule has 2 rings (SSSR count). The summed E-state index contributed by atoms with van der Waals surface area (Å²) in [6.45, 7) is 10.1. The first kappa shape index (κ1) is 15.6. The number of nitrogens with two attached hydrogens (primary N) is 1. The van der Waals surface area contributed by atoms with Crippen molar-refractivity contribution in [2.24, 2.45) is 23.0 Å². The fourth-order valence-corrected chi connectivity index (χ4v) is 3.67. The molecule has 1 aromatic rings. The molecule has 20 heavy (non-hydrogen) atoms. The van der Waals surface area contributed by atoms with E-state index >= 15 is 0 Å². The van der Waals surface area contributed by atoms with E-state index in [2.05, 4.69) is 43.4 Å². The third-order valence-corrected chi connectivity index (χ3v) is 5.06. The van der Waals surface area contributed by atoms with Crippen molar-refractivity contribution in [3.8, 4) is 0 Å². The van der Waals surface area contributed by atoms with Crippen molar-refractivity contribution in [2.75, 3.05) is 6.54 Å². The average Bonchev–Trinajstić information content (AvgIpc) is 2.85. The second-order valence-electron chi connectivity index (χ2n) is 7.44. The summed E-state index contributed by atoms with van der Waals surface area (Å²) in [6, 6.07) is 0.544. The molecule has 3 nitrogen and oxygen atoms in total. The minimum atomic E-state index is 0.392. The van der Waals surface area contributed by atoms with Crippen molar-refractivity contribution >= 4 is 0 Å². The van der Waals surface area contributed by atoms with Gasteiger partial charge in [0, 0.05) is 24.9 Å². The predicted octanol–water partition coefficient (Wildman–Crippen LogP) is 3.80. The third kappa shape index (κ3) is 3.25. The summed E-state index contributed by atoms with van der Waals surface area (Å²) in [5.74, 6) is 2.64. The van der Waals surface area contributed by atoms with E-state index in [1.54, 1.807) is 0 Å². The number of hydrogen-bond donors (Lipinski definition) is 1. The molecule has 0 saturated heterocycles. The van der Waals surface area contributed by atoms with Crippen molar-refractivity contribution in [2.45, 2.75) is 65.8 Å². The molecule has 3 atom stereocenters. The fourth-order valence-electron chi connectivity index (χ4n) is 3.67. The van der Waals surface area contributed by atoms with Gasteiger partial charge in [0.2, 0.25) is 0 Å². The number of rotatable bonds is 4. The molecule has 0 amide bonds. The van der Waals surface area contributed by atoms with E-state index in [0.717, 1.165) is 25.3 Å². The Hall–Kier alpha value is -0.830. The zero-order valence-corrected chi connectivity index (χ0v) is 13.6. The van der Waals surface area contributed by atoms with Crippen LogP contribution < -0.4 is 5.73 Å².